The fourth-order valence-corrected chi connectivity index (χ4v) is 6.69. The normalized spacial score (nSPS) is 23.8. The van der Waals surface area contributed by atoms with Crippen molar-refractivity contribution < 1.29 is 13.2 Å². The molecule has 0 saturated carbocycles. The van der Waals surface area contributed by atoms with Crippen molar-refractivity contribution in [1.82, 2.24) is 9.62 Å². The highest BCUT2D eigenvalue weighted by Gasteiger charge is 2.64. The smallest absolute Gasteiger partial charge is 0.266 e. The Morgan fingerprint density at radius 3 is 2.34 bits per heavy atom. The topological polar surface area (TPSA) is 69.7 Å². The number of para-hydroxylation sites is 1. The van der Waals surface area contributed by atoms with Crippen LogP contribution in [0.2, 0.25) is 0 Å². The predicted molar refractivity (Wildman–Crippen MR) is 116 cm³/mol. The first-order valence-corrected chi connectivity index (χ1v) is 11.3. The van der Waals surface area contributed by atoms with Crippen LogP contribution in [0.5, 0.6) is 0 Å². The average molecular weight is 430 g/mol. The molecule has 6 nitrogen and oxygen atoms in total. The Hall–Kier alpha value is -2.45. The van der Waals surface area contributed by atoms with Crippen molar-refractivity contribution in [2.75, 3.05) is 11.9 Å². The van der Waals surface area contributed by atoms with Gasteiger partial charge in [0.15, 0.2) is 10.7 Å². The van der Waals surface area contributed by atoms with Gasteiger partial charge in [-0.2, -0.15) is 0 Å². The maximum absolute atomic E-state index is 13.6. The van der Waals surface area contributed by atoms with Crippen molar-refractivity contribution in [2.24, 2.45) is 5.92 Å². The molecule has 29 heavy (non-hydrogen) atoms. The highest BCUT2D eigenvalue weighted by molar-refractivity contribution is 7.91. The number of anilines is 1. The van der Waals surface area contributed by atoms with Crippen LogP contribution in [0.1, 0.15) is 25.0 Å². The molecular weight excluding hydrogens is 406 g/mol. The number of nitrogens with one attached hydrogen (secondary N) is 1. The van der Waals surface area contributed by atoms with Crippen LogP contribution in [0, 0.1) is 12.8 Å². The molecule has 2 atom stereocenters. The molecule has 0 aromatic heterocycles. The summed E-state index contributed by atoms with van der Waals surface area (Å²) in [5, 5.41) is 3.17. The van der Waals surface area contributed by atoms with Crippen LogP contribution in [0.3, 0.4) is 0 Å². The Labute approximate surface area is 176 Å². The van der Waals surface area contributed by atoms with Crippen LogP contribution in [-0.2, 0) is 20.4 Å². The first-order chi connectivity index (χ1) is 13.6. The first kappa shape index (κ1) is 19.8. The van der Waals surface area contributed by atoms with Gasteiger partial charge in [0, 0.05) is 18.3 Å². The summed E-state index contributed by atoms with van der Waals surface area (Å²) in [6, 6.07) is 13.4. The molecule has 8 heteroatoms. The Bertz CT molecular complexity index is 1110. The van der Waals surface area contributed by atoms with Crippen molar-refractivity contribution in [3.8, 4) is 0 Å². The number of amides is 1. The lowest BCUT2D eigenvalue weighted by molar-refractivity contribution is -0.124. The van der Waals surface area contributed by atoms with Crippen molar-refractivity contribution in [3.05, 3.63) is 59.7 Å². The summed E-state index contributed by atoms with van der Waals surface area (Å²) in [6.07, 6.45) is 0. The van der Waals surface area contributed by atoms with Crippen LogP contribution in [-0.4, -0.2) is 36.8 Å². The van der Waals surface area contributed by atoms with Gasteiger partial charge in [0.1, 0.15) is 0 Å². The van der Waals surface area contributed by atoms with E-state index in [-0.39, 0.29) is 21.8 Å². The van der Waals surface area contributed by atoms with E-state index < -0.39 is 21.6 Å². The minimum Gasteiger partial charge on any atom is -0.342 e. The molecule has 0 unspecified atom stereocenters. The zero-order chi connectivity index (χ0) is 21.1. The summed E-state index contributed by atoms with van der Waals surface area (Å²) in [4.78, 5) is 15.2. The van der Waals surface area contributed by atoms with E-state index in [1.807, 2.05) is 45.0 Å². The summed E-state index contributed by atoms with van der Waals surface area (Å²) in [5.74, 6) is -0.381. The van der Waals surface area contributed by atoms with E-state index in [0.29, 0.717) is 0 Å². The van der Waals surface area contributed by atoms with Gasteiger partial charge in [0.2, 0.25) is 0 Å². The second-order valence-electron chi connectivity index (χ2n) is 7.92. The molecular formula is C21H23N3O3S2. The molecule has 1 amide bonds. The third kappa shape index (κ3) is 2.62. The molecule has 1 spiro atoms. The number of carbonyl (C=O) groups excluding carboxylic acids is 1. The Morgan fingerprint density at radius 2 is 1.72 bits per heavy atom. The number of likely N-dealkylation sites (N-methyl/N-ethyl adjacent to an activating group) is 1. The number of carbonyl (C=O) groups is 1. The monoisotopic (exact) mass is 429 g/mol. The molecule has 152 valence electrons. The molecule has 2 aliphatic heterocycles. The molecule has 1 N–H and O–H groups in total. The van der Waals surface area contributed by atoms with Crippen molar-refractivity contribution in [3.63, 3.8) is 0 Å². The molecule has 1 fully saturated rings. The summed E-state index contributed by atoms with van der Waals surface area (Å²) in [7, 11) is -2.24. The second kappa shape index (κ2) is 6.53. The van der Waals surface area contributed by atoms with E-state index in [0.717, 1.165) is 16.8 Å². The fourth-order valence-electron chi connectivity index (χ4n) is 4.45. The Morgan fingerprint density at radius 1 is 1.10 bits per heavy atom. The molecule has 0 bridgehead atoms. The quantitative estimate of drug-likeness (QED) is 0.760. The van der Waals surface area contributed by atoms with Gasteiger partial charge in [0.05, 0.1) is 10.9 Å². The highest BCUT2D eigenvalue weighted by Crippen LogP contribution is 2.49. The number of nitrogens with zero attached hydrogens (tertiary/aromatic N) is 2. The van der Waals surface area contributed by atoms with Crippen molar-refractivity contribution in [2.45, 2.75) is 37.2 Å². The van der Waals surface area contributed by atoms with Gasteiger partial charge in [0.25, 0.3) is 15.9 Å². The van der Waals surface area contributed by atoms with E-state index in [2.05, 4.69) is 5.32 Å². The van der Waals surface area contributed by atoms with Crippen LogP contribution >= 0.6 is 12.2 Å². The van der Waals surface area contributed by atoms with Gasteiger partial charge < -0.3 is 10.2 Å². The third-order valence-electron chi connectivity index (χ3n) is 5.74. The largest absolute Gasteiger partial charge is 0.342 e. The van der Waals surface area contributed by atoms with Gasteiger partial charge in [-0.15, -0.1) is 0 Å². The number of hydrogen-bond donors (Lipinski definition) is 1. The van der Waals surface area contributed by atoms with E-state index in [1.54, 1.807) is 36.2 Å². The maximum atomic E-state index is 13.6. The minimum absolute atomic E-state index is 0.0442. The Kier molecular flexibility index (Phi) is 4.47. The van der Waals surface area contributed by atoms with Gasteiger partial charge in [-0.25, -0.2) is 12.7 Å². The molecule has 1 saturated heterocycles. The summed E-state index contributed by atoms with van der Waals surface area (Å²) >= 11 is 5.51. The van der Waals surface area contributed by atoms with E-state index in [1.165, 1.54) is 4.31 Å². The lowest BCUT2D eigenvalue weighted by atomic mass is 9.80. The molecule has 0 aliphatic carbocycles. The van der Waals surface area contributed by atoms with Gasteiger partial charge in [-0.3, -0.25) is 4.79 Å². The minimum atomic E-state index is -3.95. The number of rotatable bonds is 3. The van der Waals surface area contributed by atoms with Crippen LogP contribution < -0.4 is 10.2 Å². The second-order valence-corrected chi connectivity index (χ2v) is 10.1. The maximum Gasteiger partial charge on any atom is 0.266 e. The van der Waals surface area contributed by atoms with E-state index >= 15 is 0 Å². The number of hydrogen-bond acceptors (Lipinski definition) is 4. The number of fused-ring (bicyclic) bond motifs is 2. The van der Waals surface area contributed by atoms with Crippen molar-refractivity contribution in [1.29, 1.82) is 0 Å². The fraction of sp³-hybridized carbons (Fsp3) is 0.333. The van der Waals surface area contributed by atoms with Crippen LogP contribution in [0.15, 0.2) is 53.4 Å². The average Bonchev–Trinajstić information content (AvgIpc) is 3.11. The zero-order valence-corrected chi connectivity index (χ0v) is 18.3. The first-order valence-electron chi connectivity index (χ1n) is 9.43. The number of aryl methyl sites for hydroxylation is 1. The van der Waals surface area contributed by atoms with Crippen LogP contribution in [0.25, 0.3) is 0 Å². The molecule has 2 aromatic rings. The van der Waals surface area contributed by atoms with Gasteiger partial charge >= 0.3 is 0 Å². The molecule has 2 aliphatic rings. The molecule has 2 heterocycles. The molecule has 2 aromatic carbocycles. The van der Waals surface area contributed by atoms with E-state index in [4.69, 9.17) is 12.2 Å². The van der Waals surface area contributed by atoms with Crippen LogP contribution in [0.4, 0.5) is 5.69 Å². The number of sulfonamides is 1. The standard InChI is InChI=1S/C21H23N3O3S2/c1-13(2)18-21(16-7-5-6-8-17(16)23(4)19(21)25)22-20(28)24(18)29(26,27)15-11-9-14(3)10-12-15/h5-13,18H,1-4H3,(H,22,28)/t18-,21+/m1/s1. The summed E-state index contributed by atoms with van der Waals surface area (Å²) in [5.41, 5.74) is 1.22. The lowest BCUT2D eigenvalue weighted by Gasteiger charge is -2.35. The number of benzene rings is 2. The van der Waals surface area contributed by atoms with E-state index in [9.17, 15) is 13.2 Å². The molecule has 0 radical (unpaired) electrons. The zero-order valence-electron chi connectivity index (χ0n) is 16.7. The number of thiocarbonyl (C=S) groups is 1. The van der Waals surface area contributed by atoms with Crippen molar-refractivity contribution >= 4 is 38.9 Å². The third-order valence-corrected chi connectivity index (χ3v) is 7.95. The Balaban J connectivity index is 1.92. The lowest BCUT2D eigenvalue weighted by Crippen LogP contribution is -2.56. The highest BCUT2D eigenvalue weighted by atomic mass is 32.2. The van der Waals surface area contributed by atoms with Gasteiger partial charge in [-0.05, 0) is 43.3 Å². The summed E-state index contributed by atoms with van der Waals surface area (Å²) < 4.78 is 28.4. The predicted octanol–water partition coefficient (Wildman–Crippen LogP) is 2.77. The SMILES string of the molecule is Cc1ccc(S(=O)(=O)N2C(=S)N[C@]3(C(=O)N(C)c4ccccc43)[C@H]2C(C)C)cc1. The molecule has 4 rings (SSSR count). The van der Waals surface area contributed by atoms with Gasteiger partial charge in [-0.1, -0.05) is 49.7 Å². The summed E-state index contributed by atoms with van der Waals surface area (Å²) in [6.45, 7) is 5.72.